The van der Waals surface area contributed by atoms with Crippen LogP contribution in [0.2, 0.25) is 0 Å². The third kappa shape index (κ3) is 2.88. The number of carbonyl (C=O) groups is 1. The van der Waals surface area contributed by atoms with Gasteiger partial charge in [0.25, 0.3) is 5.69 Å². The molecular weight excluding hydrogens is 272 g/mol. The minimum absolute atomic E-state index is 0.137. The Labute approximate surface area is 111 Å². The lowest BCUT2D eigenvalue weighted by Gasteiger charge is -2.01. The minimum Gasteiger partial charge on any atom is -0.478 e. The van der Waals surface area contributed by atoms with Gasteiger partial charge in [-0.05, 0) is 30.8 Å². The molecule has 8 nitrogen and oxygen atoms in total. The number of nitro groups is 1. The lowest BCUT2D eigenvalue weighted by Crippen LogP contribution is -1.99. The van der Waals surface area contributed by atoms with Gasteiger partial charge in [0.05, 0.1) is 15.4 Å². The molecule has 0 amide bonds. The van der Waals surface area contributed by atoms with E-state index in [2.05, 4.69) is 15.2 Å². The zero-order valence-corrected chi connectivity index (χ0v) is 10.5. The van der Waals surface area contributed by atoms with Crippen molar-refractivity contribution in [1.29, 1.82) is 0 Å². The van der Waals surface area contributed by atoms with Gasteiger partial charge in [-0.15, -0.1) is 5.10 Å². The predicted octanol–water partition coefficient (Wildman–Crippen LogP) is 1.87. The standard InChI is InChI=1S/C10H8N4O4S/c1-5-11-10(13-12-5)19-8-3-2-6(9(15)16)4-7(8)14(17)18/h2-4H,1H3,(H,15,16)(H,11,12,13). The number of benzene rings is 1. The van der Waals surface area contributed by atoms with Crippen LogP contribution >= 0.6 is 11.8 Å². The monoisotopic (exact) mass is 280 g/mol. The first-order valence-electron chi connectivity index (χ1n) is 5.06. The van der Waals surface area contributed by atoms with Gasteiger partial charge in [-0.2, -0.15) is 0 Å². The molecule has 0 radical (unpaired) electrons. The lowest BCUT2D eigenvalue weighted by molar-refractivity contribution is -0.387. The van der Waals surface area contributed by atoms with Gasteiger partial charge in [0.2, 0.25) is 5.16 Å². The fraction of sp³-hybridized carbons (Fsp3) is 0.100. The zero-order valence-electron chi connectivity index (χ0n) is 9.65. The number of aromatic nitrogens is 3. The maximum Gasteiger partial charge on any atom is 0.335 e. The van der Waals surface area contributed by atoms with Gasteiger partial charge in [0, 0.05) is 6.07 Å². The number of nitrogens with one attached hydrogen (secondary N) is 1. The lowest BCUT2D eigenvalue weighted by atomic mass is 10.2. The second-order valence-electron chi connectivity index (χ2n) is 3.55. The molecule has 9 heteroatoms. The van der Waals surface area contributed by atoms with Gasteiger partial charge in [0.15, 0.2) is 0 Å². The van der Waals surface area contributed by atoms with E-state index in [1.54, 1.807) is 6.92 Å². The molecule has 0 unspecified atom stereocenters. The normalized spacial score (nSPS) is 10.4. The van der Waals surface area contributed by atoms with Crippen molar-refractivity contribution in [2.75, 3.05) is 0 Å². The van der Waals surface area contributed by atoms with Crippen molar-refractivity contribution in [3.63, 3.8) is 0 Å². The quantitative estimate of drug-likeness (QED) is 0.647. The Bertz CT molecular complexity index is 655. The number of aryl methyl sites for hydroxylation is 1. The number of carboxylic acids is 1. The number of carboxylic acid groups (broad SMARTS) is 1. The summed E-state index contributed by atoms with van der Waals surface area (Å²) in [5, 5.41) is 26.6. The summed E-state index contributed by atoms with van der Waals surface area (Å²) < 4.78 is 0. The second-order valence-corrected chi connectivity index (χ2v) is 4.56. The van der Waals surface area contributed by atoms with Crippen molar-refractivity contribution in [1.82, 2.24) is 15.2 Å². The van der Waals surface area contributed by atoms with Crippen molar-refractivity contribution in [2.24, 2.45) is 0 Å². The predicted molar refractivity (Wildman–Crippen MR) is 65.3 cm³/mol. The topological polar surface area (TPSA) is 122 Å². The summed E-state index contributed by atoms with van der Waals surface area (Å²) in [6.07, 6.45) is 0. The second kappa shape index (κ2) is 5.06. The van der Waals surface area contributed by atoms with E-state index >= 15 is 0 Å². The Morgan fingerprint density at radius 1 is 1.53 bits per heavy atom. The van der Waals surface area contributed by atoms with Crippen LogP contribution in [0.25, 0.3) is 0 Å². The van der Waals surface area contributed by atoms with Crippen molar-refractivity contribution in [3.8, 4) is 0 Å². The smallest absolute Gasteiger partial charge is 0.335 e. The fourth-order valence-electron chi connectivity index (χ4n) is 1.35. The molecule has 19 heavy (non-hydrogen) atoms. The van der Waals surface area contributed by atoms with Crippen LogP contribution in [0.4, 0.5) is 5.69 Å². The van der Waals surface area contributed by atoms with Gasteiger partial charge < -0.3 is 5.11 Å². The maximum atomic E-state index is 10.9. The number of aromatic amines is 1. The summed E-state index contributed by atoms with van der Waals surface area (Å²) in [5.74, 6) is -0.624. The fourth-order valence-corrected chi connectivity index (χ4v) is 2.19. The van der Waals surface area contributed by atoms with Crippen LogP contribution in [0, 0.1) is 17.0 Å². The SMILES string of the molecule is Cc1nc(Sc2ccc(C(=O)O)cc2[N+](=O)[O-])n[nH]1. The summed E-state index contributed by atoms with van der Waals surface area (Å²) >= 11 is 0.996. The van der Waals surface area contributed by atoms with Crippen LogP contribution in [0.3, 0.4) is 0 Å². The molecule has 2 rings (SSSR count). The number of nitrogens with zero attached hydrogens (tertiary/aromatic N) is 3. The van der Waals surface area contributed by atoms with E-state index < -0.39 is 10.9 Å². The molecule has 2 N–H and O–H groups in total. The summed E-state index contributed by atoms with van der Waals surface area (Å²) in [4.78, 5) is 25.4. The highest BCUT2D eigenvalue weighted by Crippen LogP contribution is 2.33. The Hall–Kier alpha value is -2.42. The number of aromatic carboxylic acids is 1. The first kappa shape index (κ1) is 13.0. The molecule has 0 spiro atoms. The molecule has 0 saturated carbocycles. The number of hydrogen-bond donors (Lipinski definition) is 2. The molecule has 0 aliphatic heterocycles. The molecule has 1 aromatic carbocycles. The van der Waals surface area contributed by atoms with Crippen molar-refractivity contribution >= 4 is 23.4 Å². The van der Waals surface area contributed by atoms with Gasteiger partial charge in [-0.3, -0.25) is 15.2 Å². The van der Waals surface area contributed by atoms with E-state index in [1.807, 2.05) is 0 Å². The zero-order chi connectivity index (χ0) is 14.0. The molecule has 1 heterocycles. The van der Waals surface area contributed by atoms with E-state index in [0.717, 1.165) is 17.8 Å². The molecule has 0 bridgehead atoms. The Balaban J connectivity index is 2.39. The molecule has 1 aromatic heterocycles. The van der Waals surface area contributed by atoms with E-state index in [-0.39, 0.29) is 16.1 Å². The Kier molecular flexibility index (Phi) is 3.47. The molecule has 0 saturated heterocycles. The first-order chi connectivity index (χ1) is 8.97. The molecule has 0 atom stereocenters. The van der Waals surface area contributed by atoms with Crippen LogP contribution in [0.15, 0.2) is 28.3 Å². The van der Waals surface area contributed by atoms with Crippen LogP contribution in [0.1, 0.15) is 16.2 Å². The molecular formula is C10H8N4O4S. The van der Waals surface area contributed by atoms with E-state index in [9.17, 15) is 14.9 Å². The van der Waals surface area contributed by atoms with Gasteiger partial charge in [0.1, 0.15) is 5.82 Å². The number of nitro benzene ring substituents is 1. The largest absolute Gasteiger partial charge is 0.478 e. The Morgan fingerprint density at radius 2 is 2.26 bits per heavy atom. The van der Waals surface area contributed by atoms with E-state index in [1.165, 1.54) is 12.1 Å². The maximum absolute atomic E-state index is 10.9. The molecule has 0 fully saturated rings. The van der Waals surface area contributed by atoms with Crippen molar-refractivity contribution < 1.29 is 14.8 Å². The minimum atomic E-state index is -1.21. The van der Waals surface area contributed by atoms with E-state index in [0.29, 0.717) is 11.0 Å². The molecule has 2 aromatic rings. The third-order valence-corrected chi connectivity index (χ3v) is 3.11. The van der Waals surface area contributed by atoms with Crippen LogP contribution in [0.5, 0.6) is 0 Å². The Morgan fingerprint density at radius 3 is 2.79 bits per heavy atom. The highest BCUT2D eigenvalue weighted by atomic mass is 32.2. The van der Waals surface area contributed by atoms with Gasteiger partial charge in [-0.1, -0.05) is 0 Å². The summed E-state index contributed by atoms with van der Waals surface area (Å²) in [5.41, 5.74) is -0.422. The number of hydrogen-bond acceptors (Lipinski definition) is 6. The summed E-state index contributed by atoms with van der Waals surface area (Å²) in [6, 6.07) is 3.69. The average Bonchev–Trinajstić information content (AvgIpc) is 2.74. The van der Waals surface area contributed by atoms with E-state index in [4.69, 9.17) is 5.11 Å². The molecule has 0 aliphatic rings. The summed E-state index contributed by atoms with van der Waals surface area (Å²) in [6.45, 7) is 1.71. The van der Waals surface area contributed by atoms with Crippen LogP contribution < -0.4 is 0 Å². The number of H-pyrrole nitrogens is 1. The molecule has 0 aliphatic carbocycles. The highest BCUT2D eigenvalue weighted by Gasteiger charge is 2.19. The van der Waals surface area contributed by atoms with Gasteiger partial charge >= 0.3 is 5.97 Å². The molecule has 98 valence electrons. The number of rotatable bonds is 4. The third-order valence-electron chi connectivity index (χ3n) is 2.18. The average molecular weight is 280 g/mol. The van der Waals surface area contributed by atoms with Crippen molar-refractivity contribution in [2.45, 2.75) is 17.0 Å². The first-order valence-corrected chi connectivity index (χ1v) is 5.87. The van der Waals surface area contributed by atoms with Gasteiger partial charge in [-0.25, -0.2) is 9.78 Å². The highest BCUT2D eigenvalue weighted by molar-refractivity contribution is 7.99. The van der Waals surface area contributed by atoms with Crippen LogP contribution in [-0.4, -0.2) is 31.2 Å². The van der Waals surface area contributed by atoms with Crippen molar-refractivity contribution in [3.05, 3.63) is 39.7 Å². The summed E-state index contributed by atoms with van der Waals surface area (Å²) in [7, 11) is 0. The van der Waals surface area contributed by atoms with Crippen LogP contribution in [-0.2, 0) is 0 Å².